The Kier molecular flexibility index (Phi) is 5.86. The lowest BCUT2D eigenvalue weighted by Crippen LogP contribution is -2.43. The molecule has 0 unspecified atom stereocenters. The van der Waals surface area contributed by atoms with Crippen LogP contribution in [0.4, 0.5) is 5.69 Å². The summed E-state index contributed by atoms with van der Waals surface area (Å²) in [5.41, 5.74) is 2.73. The van der Waals surface area contributed by atoms with E-state index < -0.39 is 29.3 Å². The fourth-order valence-electron chi connectivity index (χ4n) is 6.12. The monoisotopic (exact) mass is 490 g/mol. The van der Waals surface area contributed by atoms with Crippen molar-refractivity contribution in [1.29, 1.82) is 5.26 Å². The van der Waals surface area contributed by atoms with E-state index in [1.165, 1.54) is 11.8 Å². The summed E-state index contributed by atoms with van der Waals surface area (Å²) in [7, 11) is 0. The molecule has 1 aromatic heterocycles. The number of rotatable bonds is 4. The molecule has 3 aliphatic rings. The third-order valence-corrected chi connectivity index (χ3v) is 8.31. The summed E-state index contributed by atoms with van der Waals surface area (Å²) in [5, 5.41) is 33.4. The average Bonchev–Trinajstić information content (AvgIpc) is 3.36. The van der Waals surface area contributed by atoms with Crippen LogP contribution >= 0.6 is 0 Å². The molecule has 36 heavy (non-hydrogen) atoms. The van der Waals surface area contributed by atoms with E-state index in [-0.39, 0.29) is 22.9 Å². The lowest BCUT2D eigenvalue weighted by molar-refractivity contribution is -0.153. The SMILES string of the molecule is CC1(C)CC=C(c2cc([C@@H]3C[C@@]4(C)O[C@@](C)(C3)[C@H](O)[C@@H]4O)ccc2NC(=O)c2nc(C#N)c[nH]2)CC1. The molecule has 5 rings (SSSR count). The standard InChI is InChI=1S/C28H34N4O4/c1-26(2)9-7-16(8-10-26)20-11-17(18-12-27(3)22(33)23(34)28(4,13-18)36-27)5-6-21(20)32-25(35)24-30-15-19(14-29)31-24/h5-7,11,15,18,22-23,33-34H,8-10,12-13H2,1-4H3,(H,30,31)(H,32,35)/t18-,22+,23-,27-,28+. The number of nitrogens with one attached hydrogen (secondary N) is 2. The molecule has 3 heterocycles. The third kappa shape index (κ3) is 4.26. The van der Waals surface area contributed by atoms with Gasteiger partial charge in [0.1, 0.15) is 18.3 Å². The highest BCUT2D eigenvalue weighted by atomic mass is 16.6. The Morgan fingerprint density at radius 1 is 1.19 bits per heavy atom. The van der Waals surface area contributed by atoms with Gasteiger partial charge in [-0.1, -0.05) is 26.0 Å². The molecule has 0 radical (unpaired) electrons. The largest absolute Gasteiger partial charge is 0.387 e. The van der Waals surface area contributed by atoms with E-state index in [1.54, 1.807) is 0 Å². The maximum Gasteiger partial charge on any atom is 0.291 e. The molecule has 4 N–H and O–H groups in total. The van der Waals surface area contributed by atoms with Crippen LogP contribution in [0.5, 0.6) is 0 Å². The van der Waals surface area contributed by atoms with Crippen LogP contribution in [0.15, 0.2) is 30.5 Å². The number of fused-ring (bicyclic) bond motifs is 2. The van der Waals surface area contributed by atoms with E-state index in [9.17, 15) is 15.0 Å². The van der Waals surface area contributed by atoms with Crippen LogP contribution in [0.25, 0.3) is 5.57 Å². The van der Waals surface area contributed by atoms with Crippen molar-refractivity contribution in [2.45, 2.75) is 89.1 Å². The minimum atomic E-state index is -0.930. The van der Waals surface area contributed by atoms with Crippen LogP contribution < -0.4 is 5.32 Å². The minimum Gasteiger partial charge on any atom is -0.387 e. The number of hydrogen-bond acceptors (Lipinski definition) is 6. The Hall–Kier alpha value is -2.99. The fourth-order valence-corrected chi connectivity index (χ4v) is 6.12. The normalized spacial score (nSPS) is 33.0. The first-order valence-corrected chi connectivity index (χ1v) is 12.6. The molecule has 1 aromatic carbocycles. The number of benzene rings is 1. The van der Waals surface area contributed by atoms with Crippen LogP contribution in [-0.4, -0.2) is 49.5 Å². The number of aliphatic hydroxyl groups is 2. The van der Waals surface area contributed by atoms with Gasteiger partial charge in [-0.25, -0.2) is 4.98 Å². The first-order chi connectivity index (χ1) is 16.9. The van der Waals surface area contributed by atoms with Crippen molar-refractivity contribution >= 4 is 17.2 Å². The van der Waals surface area contributed by atoms with Gasteiger partial charge in [0.25, 0.3) is 5.91 Å². The van der Waals surface area contributed by atoms with Crippen molar-refractivity contribution in [3.63, 3.8) is 0 Å². The summed E-state index contributed by atoms with van der Waals surface area (Å²) in [6.45, 7) is 8.27. The van der Waals surface area contributed by atoms with Crippen molar-refractivity contribution in [3.05, 3.63) is 53.1 Å². The van der Waals surface area contributed by atoms with Crippen molar-refractivity contribution < 1.29 is 19.7 Å². The van der Waals surface area contributed by atoms with Gasteiger partial charge in [-0.15, -0.1) is 0 Å². The quantitative estimate of drug-likeness (QED) is 0.506. The lowest BCUT2D eigenvalue weighted by Gasteiger charge is -2.41. The maximum absolute atomic E-state index is 12.9. The summed E-state index contributed by atoms with van der Waals surface area (Å²) in [6.07, 6.45) is 5.92. The number of carbonyl (C=O) groups excluding carboxylic acids is 1. The number of imidazole rings is 1. The molecule has 0 spiro atoms. The molecule has 2 saturated heterocycles. The van der Waals surface area contributed by atoms with Crippen molar-refractivity contribution in [2.24, 2.45) is 5.41 Å². The molecule has 8 nitrogen and oxygen atoms in total. The maximum atomic E-state index is 12.9. The van der Waals surface area contributed by atoms with E-state index in [0.717, 1.165) is 30.4 Å². The summed E-state index contributed by atoms with van der Waals surface area (Å²) in [6, 6.07) is 8.00. The van der Waals surface area contributed by atoms with Gasteiger partial charge in [-0.3, -0.25) is 4.79 Å². The molecule has 2 bridgehead atoms. The molecule has 2 aliphatic heterocycles. The second-order valence-electron chi connectivity index (χ2n) is 11.8. The molecule has 1 aliphatic carbocycles. The van der Waals surface area contributed by atoms with Crippen LogP contribution in [0.2, 0.25) is 0 Å². The number of ether oxygens (including phenoxy) is 1. The van der Waals surface area contributed by atoms with Gasteiger partial charge in [0.05, 0.1) is 11.2 Å². The van der Waals surface area contributed by atoms with Gasteiger partial charge >= 0.3 is 0 Å². The number of aliphatic hydroxyl groups excluding tert-OH is 2. The molecule has 2 aromatic rings. The molecule has 1 amide bonds. The van der Waals surface area contributed by atoms with Gasteiger partial charge in [0.15, 0.2) is 11.5 Å². The van der Waals surface area contributed by atoms with Crippen LogP contribution in [0.1, 0.15) is 93.2 Å². The Balaban J connectivity index is 1.50. The molecule has 8 heteroatoms. The zero-order valence-electron chi connectivity index (χ0n) is 21.3. The molecule has 190 valence electrons. The van der Waals surface area contributed by atoms with Crippen LogP contribution in [-0.2, 0) is 4.74 Å². The van der Waals surface area contributed by atoms with Gasteiger partial charge in [0.2, 0.25) is 0 Å². The van der Waals surface area contributed by atoms with Crippen LogP contribution in [0.3, 0.4) is 0 Å². The van der Waals surface area contributed by atoms with Gasteiger partial charge in [-0.2, -0.15) is 5.26 Å². The van der Waals surface area contributed by atoms with Crippen molar-refractivity contribution in [2.75, 3.05) is 5.32 Å². The summed E-state index contributed by atoms with van der Waals surface area (Å²) >= 11 is 0. The number of anilines is 1. The number of carbonyl (C=O) groups is 1. The van der Waals surface area contributed by atoms with E-state index >= 15 is 0 Å². The first kappa shape index (κ1) is 24.7. The fraction of sp³-hybridized carbons (Fsp3) is 0.536. The molecule has 5 atom stereocenters. The van der Waals surface area contributed by atoms with Gasteiger partial charge < -0.3 is 25.3 Å². The molecular weight excluding hydrogens is 456 g/mol. The number of nitriles is 1. The predicted molar refractivity (Wildman–Crippen MR) is 135 cm³/mol. The van der Waals surface area contributed by atoms with Crippen LogP contribution in [0, 0.1) is 16.7 Å². The lowest BCUT2D eigenvalue weighted by atomic mass is 9.75. The number of aromatic nitrogens is 2. The topological polar surface area (TPSA) is 131 Å². The minimum absolute atomic E-state index is 0.0881. The smallest absolute Gasteiger partial charge is 0.291 e. The second kappa shape index (κ2) is 8.55. The van der Waals surface area contributed by atoms with Gasteiger partial charge in [-0.05, 0) is 80.6 Å². The number of H-pyrrole nitrogens is 1. The number of aromatic amines is 1. The summed E-state index contributed by atoms with van der Waals surface area (Å²) < 4.78 is 6.15. The highest BCUT2D eigenvalue weighted by molar-refractivity contribution is 6.03. The Bertz CT molecular complexity index is 1250. The Morgan fingerprint density at radius 3 is 2.47 bits per heavy atom. The Labute approximate surface area is 211 Å². The second-order valence-corrected chi connectivity index (χ2v) is 11.8. The number of allylic oxidation sites excluding steroid dienone is 2. The van der Waals surface area contributed by atoms with E-state index in [0.29, 0.717) is 18.5 Å². The molecule has 2 fully saturated rings. The Morgan fingerprint density at radius 2 is 1.89 bits per heavy atom. The molecule has 0 saturated carbocycles. The summed E-state index contributed by atoms with van der Waals surface area (Å²) in [5.74, 6) is -0.226. The van der Waals surface area contributed by atoms with E-state index in [2.05, 4.69) is 41.3 Å². The highest BCUT2D eigenvalue weighted by Crippen LogP contribution is 2.53. The first-order valence-electron chi connectivity index (χ1n) is 12.6. The number of amides is 1. The van der Waals surface area contributed by atoms with E-state index in [4.69, 9.17) is 10.00 Å². The third-order valence-electron chi connectivity index (χ3n) is 8.31. The summed E-state index contributed by atoms with van der Waals surface area (Å²) in [4.78, 5) is 19.7. The number of nitrogens with zero attached hydrogens (tertiary/aromatic N) is 2. The predicted octanol–water partition coefficient (Wildman–Crippen LogP) is 4.27. The van der Waals surface area contributed by atoms with Crippen molar-refractivity contribution in [3.8, 4) is 6.07 Å². The highest BCUT2D eigenvalue weighted by Gasteiger charge is 2.61. The molecular formula is C28H34N4O4. The van der Waals surface area contributed by atoms with Crippen molar-refractivity contribution in [1.82, 2.24) is 9.97 Å². The zero-order valence-corrected chi connectivity index (χ0v) is 21.3. The number of hydrogen-bond donors (Lipinski definition) is 4. The van der Waals surface area contributed by atoms with E-state index in [1.807, 2.05) is 32.0 Å². The zero-order chi connectivity index (χ0) is 25.9. The van der Waals surface area contributed by atoms with Gasteiger partial charge in [0, 0.05) is 17.4 Å². The average molecular weight is 491 g/mol.